The van der Waals surface area contributed by atoms with Crippen LogP contribution in [0.2, 0.25) is 0 Å². The molecule has 0 fully saturated rings. The van der Waals surface area contributed by atoms with Crippen LogP contribution in [0.25, 0.3) is 0 Å². The lowest BCUT2D eigenvalue weighted by Gasteiger charge is -2.51. The quantitative estimate of drug-likeness (QED) is 0.727. The van der Waals surface area contributed by atoms with Crippen molar-refractivity contribution in [2.24, 2.45) is 0 Å². The molecule has 0 aliphatic carbocycles. The smallest absolute Gasteiger partial charge is 0.0409 e. The average molecular weight is 265 g/mol. The van der Waals surface area contributed by atoms with Crippen molar-refractivity contribution in [1.82, 2.24) is 0 Å². The molecular weight excluding hydrogens is 242 g/mol. The first-order valence-corrected chi connectivity index (χ1v) is 7.34. The Morgan fingerprint density at radius 1 is 0.850 bits per heavy atom. The summed E-state index contributed by atoms with van der Waals surface area (Å²) in [6.45, 7) is 7.06. The van der Waals surface area contributed by atoms with Gasteiger partial charge < -0.3 is 4.90 Å². The van der Waals surface area contributed by atoms with Crippen molar-refractivity contribution in [1.29, 1.82) is 0 Å². The molecule has 0 amide bonds. The molecule has 0 saturated heterocycles. The van der Waals surface area contributed by atoms with Crippen LogP contribution in [0.3, 0.4) is 0 Å². The fourth-order valence-corrected chi connectivity index (χ4v) is 3.70. The Morgan fingerprint density at radius 3 is 2.15 bits per heavy atom. The molecule has 20 heavy (non-hydrogen) atoms. The molecule has 2 aromatic rings. The maximum Gasteiger partial charge on any atom is 0.0409 e. The Morgan fingerprint density at radius 2 is 1.45 bits per heavy atom. The zero-order chi connectivity index (χ0) is 14.4. The molecule has 0 saturated carbocycles. The molecule has 1 atom stereocenters. The first-order chi connectivity index (χ1) is 9.45. The predicted molar refractivity (Wildman–Crippen MR) is 86.4 cm³/mol. The third kappa shape index (κ3) is 1.84. The Kier molecular flexibility index (Phi) is 2.89. The SMILES string of the molecule is CN1c2ccccc2[C@](C)(c2ccccc2)CC1(C)C. The van der Waals surface area contributed by atoms with Gasteiger partial charge in [-0.05, 0) is 37.5 Å². The van der Waals surface area contributed by atoms with Gasteiger partial charge in [-0.1, -0.05) is 55.5 Å². The lowest BCUT2D eigenvalue weighted by Crippen LogP contribution is -2.51. The van der Waals surface area contributed by atoms with Crippen LogP contribution in [0.15, 0.2) is 54.6 Å². The van der Waals surface area contributed by atoms with E-state index in [0.29, 0.717) is 0 Å². The van der Waals surface area contributed by atoms with Gasteiger partial charge in [0.25, 0.3) is 0 Å². The first-order valence-electron chi connectivity index (χ1n) is 7.34. The second-order valence-corrected chi connectivity index (χ2v) is 6.76. The standard InChI is InChI=1S/C19H23N/c1-18(2)14-19(3,15-10-6-5-7-11-15)16-12-8-9-13-17(16)20(18)4/h5-13H,14H2,1-4H3/t19-/m0/s1. The van der Waals surface area contributed by atoms with Crippen molar-refractivity contribution in [3.8, 4) is 0 Å². The summed E-state index contributed by atoms with van der Waals surface area (Å²) in [5.41, 5.74) is 4.43. The minimum atomic E-state index is 0.0772. The summed E-state index contributed by atoms with van der Waals surface area (Å²) in [5.74, 6) is 0. The summed E-state index contributed by atoms with van der Waals surface area (Å²) in [5, 5.41) is 0. The minimum Gasteiger partial charge on any atom is -0.369 e. The summed E-state index contributed by atoms with van der Waals surface area (Å²) in [6, 6.07) is 19.7. The van der Waals surface area contributed by atoms with Crippen molar-refractivity contribution >= 4 is 5.69 Å². The second-order valence-electron chi connectivity index (χ2n) is 6.76. The van der Waals surface area contributed by atoms with Crippen molar-refractivity contribution in [3.63, 3.8) is 0 Å². The Hall–Kier alpha value is -1.76. The van der Waals surface area contributed by atoms with Gasteiger partial charge in [0.05, 0.1) is 0 Å². The van der Waals surface area contributed by atoms with Gasteiger partial charge in [-0.25, -0.2) is 0 Å². The predicted octanol–water partition coefficient (Wildman–Crippen LogP) is 4.61. The summed E-state index contributed by atoms with van der Waals surface area (Å²) >= 11 is 0. The lowest BCUT2D eigenvalue weighted by atomic mass is 9.65. The van der Waals surface area contributed by atoms with E-state index >= 15 is 0 Å². The number of anilines is 1. The monoisotopic (exact) mass is 265 g/mol. The maximum atomic E-state index is 2.42. The molecule has 104 valence electrons. The van der Waals surface area contributed by atoms with Gasteiger partial charge in [0.15, 0.2) is 0 Å². The molecule has 1 heteroatoms. The molecule has 2 aromatic carbocycles. The van der Waals surface area contributed by atoms with Gasteiger partial charge in [0.2, 0.25) is 0 Å². The van der Waals surface area contributed by atoms with E-state index in [-0.39, 0.29) is 11.0 Å². The van der Waals surface area contributed by atoms with Crippen LogP contribution in [0, 0.1) is 0 Å². The van der Waals surface area contributed by atoms with Crippen LogP contribution in [-0.4, -0.2) is 12.6 Å². The normalized spacial score (nSPS) is 24.3. The lowest BCUT2D eigenvalue weighted by molar-refractivity contribution is 0.335. The summed E-state index contributed by atoms with van der Waals surface area (Å²) in [7, 11) is 2.21. The van der Waals surface area contributed by atoms with Gasteiger partial charge in [0, 0.05) is 23.7 Å². The third-order valence-electron chi connectivity index (χ3n) is 4.96. The molecule has 0 unspecified atom stereocenters. The molecule has 1 aliphatic rings. The topological polar surface area (TPSA) is 3.24 Å². The van der Waals surface area contributed by atoms with Crippen molar-refractivity contribution in [2.45, 2.75) is 38.1 Å². The largest absolute Gasteiger partial charge is 0.369 e. The van der Waals surface area contributed by atoms with Crippen LogP contribution in [0.4, 0.5) is 5.69 Å². The van der Waals surface area contributed by atoms with Crippen molar-refractivity contribution < 1.29 is 0 Å². The highest BCUT2D eigenvalue weighted by Gasteiger charge is 2.43. The van der Waals surface area contributed by atoms with E-state index in [1.54, 1.807) is 0 Å². The number of para-hydroxylation sites is 1. The van der Waals surface area contributed by atoms with E-state index in [4.69, 9.17) is 0 Å². The van der Waals surface area contributed by atoms with Crippen LogP contribution in [-0.2, 0) is 5.41 Å². The molecule has 0 aromatic heterocycles. The number of hydrogen-bond acceptors (Lipinski definition) is 1. The number of benzene rings is 2. The first kappa shape index (κ1) is 13.2. The highest BCUT2D eigenvalue weighted by Crippen LogP contribution is 2.49. The molecule has 0 N–H and O–H groups in total. The van der Waals surface area contributed by atoms with E-state index in [1.807, 2.05) is 0 Å². The zero-order valence-electron chi connectivity index (χ0n) is 12.9. The molecule has 1 heterocycles. The van der Waals surface area contributed by atoms with Crippen molar-refractivity contribution in [3.05, 3.63) is 65.7 Å². The van der Waals surface area contributed by atoms with Gasteiger partial charge in [-0.2, -0.15) is 0 Å². The molecule has 0 bridgehead atoms. The number of nitrogens with zero attached hydrogens (tertiary/aromatic N) is 1. The van der Waals surface area contributed by atoms with Gasteiger partial charge in [0.1, 0.15) is 0 Å². The zero-order valence-corrected chi connectivity index (χ0v) is 12.9. The van der Waals surface area contributed by atoms with Crippen LogP contribution in [0.5, 0.6) is 0 Å². The van der Waals surface area contributed by atoms with Crippen LogP contribution in [0.1, 0.15) is 38.3 Å². The fraction of sp³-hybridized carbons (Fsp3) is 0.368. The molecule has 1 aliphatic heterocycles. The third-order valence-corrected chi connectivity index (χ3v) is 4.96. The highest BCUT2D eigenvalue weighted by molar-refractivity contribution is 5.63. The number of hydrogen-bond donors (Lipinski definition) is 0. The van der Waals surface area contributed by atoms with Gasteiger partial charge >= 0.3 is 0 Å². The summed E-state index contributed by atoms with van der Waals surface area (Å²) < 4.78 is 0. The van der Waals surface area contributed by atoms with E-state index in [2.05, 4.69) is 87.3 Å². The van der Waals surface area contributed by atoms with E-state index in [9.17, 15) is 0 Å². The Labute approximate surface area is 122 Å². The van der Waals surface area contributed by atoms with Gasteiger partial charge in [-0.3, -0.25) is 0 Å². The summed E-state index contributed by atoms with van der Waals surface area (Å²) in [6.07, 6.45) is 1.12. The minimum absolute atomic E-state index is 0.0772. The molecule has 3 rings (SSSR count). The Bertz CT molecular complexity index is 615. The average Bonchev–Trinajstić information content (AvgIpc) is 2.46. The molecule has 0 spiro atoms. The maximum absolute atomic E-state index is 2.42. The van der Waals surface area contributed by atoms with Crippen molar-refractivity contribution in [2.75, 3.05) is 11.9 Å². The fourth-order valence-electron chi connectivity index (χ4n) is 3.70. The molecule has 0 radical (unpaired) electrons. The number of rotatable bonds is 1. The highest BCUT2D eigenvalue weighted by atomic mass is 15.2. The van der Waals surface area contributed by atoms with Crippen LogP contribution >= 0.6 is 0 Å². The summed E-state index contributed by atoms with van der Waals surface area (Å²) in [4.78, 5) is 2.42. The molecule has 1 nitrogen and oxygen atoms in total. The van der Waals surface area contributed by atoms with E-state index in [0.717, 1.165) is 6.42 Å². The molecular formula is C19H23N. The van der Waals surface area contributed by atoms with Crippen LogP contribution < -0.4 is 4.90 Å². The Balaban J connectivity index is 2.24. The van der Waals surface area contributed by atoms with E-state index in [1.165, 1.54) is 16.8 Å². The van der Waals surface area contributed by atoms with E-state index < -0.39 is 0 Å². The second kappa shape index (κ2) is 4.37. The number of fused-ring (bicyclic) bond motifs is 1. The van der Waals surface area contributed by atoms with Gasteiger partial charge in [-0.15, -0.1) is 0 Å².